The number of rotatable bonds is 7. The van der Waals surface area contributed by atoms with Crippen molar-refractivity contribution in [2.24, 2.45) is 0 Å². The standard InChI is InChI=1S/C12H26O4Si2/c1-13-10-11(15-17(3,4)5)9-12(14-2)16-18(6,7)8/h9-10H,1-8H3/b11-10+,12-9-. The van der Waals surface area contributed by atoms with Gasteiger partial charge in [-0.15, -0.1) is 0 Å². The normalized spacial score (nSPS) is 14.2. The molecule has 0 aliphatic carbocycles. The van der Waals surface area contributed by atoms with Crippen LogP contribution in [0.5, 0.6) is 0 Å². The van der Waals surface area contributed by atoms with Crippen molar-refractivity contribution in [3.8, 4) is 0 Å². The van der Waals surface area contributed by atoms with Gasteiger partial charge in [0.15, 0.2) is 0 Å². The Morgan fingerprint density at radius 2 is 1.33 bits per heavy atom. The lowest BCUT2D eigenvalue weighted by atomic mass is 10.5. The Kier molecular flexibility index (Phi) is 6.55. The summed E-state index contributed by atoms with van der Waals surface area (Å²) in [6.45, 7) is 12.6. The second kappa shape index (κ2) is 6.89. The van der Waals surface area contributed by atoms with E-state index in [-0.39, 0.29) is 0 Å². The first kappa shape index (κ1) is 17.1. The largest absolute Gasteiger partial charge is 0.542 e. The van der Waals surface area contributed by atoms with Gasteiger partial charge >= 0.3 is 0 Å². The van der Waals surface area contributed by atoms with Gasteiger partial charge in [-0.25, -0.2) is 0 Å². The smallest absolute Gasteiger partial charge is 0.268 e. The number of hydrogen-bond acceptors (Lipinski definition) is 4. The van der Waals surface area contributed by atoms with Gasteiger partial charge in [-0.05, 0) is 39.3 Å². The van der Waals surface area contributed by atoms with Crippen molar-refractivity contribution in [3.05, 3.63) is 24.0 Å². The van der Waals surface area contributed by atoms with E-state index in [1.54, 1.807) is 26.6 Å². The summed E-state index contributed by atoms with van der Waals surface area (Å²) < 4.78 is 21.9. The predicted molar refractivity (Wildman–Crippen MR) is 79.0 cm³/mol. The van der Waals surface area contributed by atoms with Crippen molar-refractivity contribution in [2.45, 2.75) is 39.3 Å². The van der Waals surface area contributed by atoms with Crippen molar-refractivity contribution in [2.75, 3.05) is 14.2 Å². The Hall–Kier alpha value is -0.886. The lowest BCUT2D eigenvalue weighted by Crippen LogP contribution is -2.26. The summed E-state index contributed by atoms with van der Waals surface area (Å²) in [6.07, 6.45) is 3.30. The Morgan fingerprint density at radius 3 is 1.67 bits per heavy atom. The molecule has 0 aromatic heterocycles. The summed E-state index contributed by atoms with van der Waals surface area (Å²) in [6, 6.07) is 0. The Morgan fingerprint density at radius 1 is 0.833 bits per heavy atom. The van der Waals surface area contributed by atoms with Crippen LogP contribution in [0.15, 0.2) is 24.0 Å². The van der Waals surface area contributed by atoms with Crippen LogP contribution in [0.4, 0.5) is 0 Å². The molecule has 0 aliphatic heterocycles. The van der Waals surface area contributed by atoms with Crippen LogP contribution in [0.2, 0.25) is 39.3 Å². The molecule has 0 saturated heterocycles. The summed E-state index contributed by atoms with van der Waals surface area (Å²) in [5.41, 5.74) is 0. The number of allylic oxidation sites excluding steroid dienone is 1. The highest BCUT2D eigenvalue weighted by atomic mass is 28.4. The van der Waals surface area contributed by atoms with E-state index in [2.05, 4.69) is 39.3 Å². The molecule has 0 saturated carbocycles. The third kappa shape index (κ3) is 9.18. The second-order valence-corrected chi connectivity index (χ2v) is 14.7. The number of hydrogen-bond donors (Lipinski definition) is 0. The maximum absolute atomic E-state index is 5.88. The molecule has 0 aromatic rings. The second-order valence-electron chi connectivity index (χ2n) is 5.85. The minimum absolute atomic E-state index is 0.468. The zero-order valence-electron chi connectivity index (χ0n) is 12.8. The van der Waals surface area contributed by atoms with E-state index in [0.29, 0.717) is 11.7 Å². The average molecular weight is 291 g/mol. The van der Waals surface area contributed by atoms with Crippen LogP contribution in [0.1, 0.15) is 0 Å². The Labute approximate surface area is 113 Å². The van der Waals surface area contributed by atoms with Crippen LogP contribution in [-0.2, 0) is 18.3 Å². The van der Waals surface area contributed by atoms with Gasteiger partial charge in [0, 0.05) is 0 Å². The molecule has 0 rings (SSSR count). The lowest BCUT2D eigenvalue weighted by molar-refractivity contribution is 0.145. The maximum atomic E-state index is 5.88. The van der Waals surface area contributed by atoms with Gasteiger partial charge in [0.25, 0.3) is 5.95 Å². The fourth-order valence-corrected chi connectivity index (χ4v) is 2.67. The Bertz CT molecular complexity index is 311. The quantitative estimate of drug-likeness (QED) is 0.407. The molecule has 0 bridgehead atoms. The third-order valence-corrected chi connectivity index (χ3v) is 3.19. The minimum atomic E-state index is -1.70. The first-order valence-electron chi connectivity index (χ1n) is 5.94. The van der Waals surface area contributed by atoms with Crippen molar-refractivity contribution in [3.63, 3.8) is 0 Å². The van der Waals surface area contributed by atoms with Gasteiger partial charge in [-0.2, -0.15) is 0 Å². The molecule has 0 radical (unpaired) electrons. The van der Waals surface area contributed by atoms with Crippen LogP contribution in [0.25, 0.3) is 0 Å². The molecule has 0 N–H and O–H groups in total. The average Bonchev–Trinajstić information content (AvgIpc) is 2.12. The van der Waals surface area contributed by atoms with Crippen LogP contribution in [0.3, 0.4) is 0 Å². The van der Waals surface area contributed by atoms with Gasteiger partial charge in [0.2, 0.25) is 16.6 Å². The van der Waals surface area contributed by atoms with Gasteiger partial charge in [-0.1, -0.05) is 0 Å². The zero-order valence-corrected chi connectivity index (χ0v) is 14.8. The molecule has 0 heterocycles. The molecule has 0 amide bonds. The van der Waals surface area contributed by atoms with Crippen molar-refractivity contribution in [1.82, 2.24) is 0 Å². The molecular weight excluding hydrogens is 264 g/mol. The zero-order chi connectivity index (χ0) is 14.4. The topological polar surface area (TPSA) is 36.9 Å². The van der Waals surface area contributed by atoms with E-state index < -0.39 is 16.6 Å². The molecule has 0 atom stereocenters. The number of methoxy groups -OCH3 is 2. The van der Waals surface area contributed by atoms with Crippen molar-refractivity contribution >= 4 is 16.6 Å². The molecule has 0 aromatic carbocycles. The van der Waals surface area contributed by atoms with E-state index in [1.165, 1.54) is 0 Å². The fourth-order valence-electron chi connectivity index (χ4n) is 1.11. The van der Waals surface area contributed by atoms with Crippen LogP contribution in [-0.4, -0.2) is 30.9 Å². The maximum Gasteiger partial charge on any atom is 0.268 e. The summed E-state index contributed by atoms with van der Waals surface area (Å²) in [5, 5.41) is 0. The summed E-state index contributed by atoms with van der Waals surface area (Å²) in [5.74, 6) is 1.10. The molecule has 0 spiro atoms. The SMILES string of the molecule is CO/C=C(\C=C(\OC)O[Si](C)(C)C)O[Si](C)(C)C. The molecule has 106 valence electrons. The van der Waals surface area contributed by atoms with Crippen molar-refractivity contribution < 1.29 is 18.3 Å². The molecular formula is C12H26O4Si2. The summed E-state index contributed by atoms with van der Waals surface area (Å²) in [7, 11) is -0.205. The molecule has 6 heteroatoms. The highest BCUT2D eigenvalue weighted by Crippen LogP contribution is 2.17. The first-order chi connectivity index (χ1) is 8.07. The predicted octanol–water partition coefficient (Wildman–Crippen LogP) is 3.67. The summed E-state index contributed by atoms with van der Waals surface area (Å²) in [4.78, 5) is 0. The van der Waals surface area contributed by atoms with Crippen LogP contribution >= 0.6 is 0 Å². The lowest BCUT2D eigenvalue weighted by Gasteiger charge is -2.23. The van der Waals surface area contributed by atoms with Gasteiger partial charge < -0.3 is 18.3 Å². The van der Waals surface area contributed by atoms with Gasteiger partial charge in [0.05, 0.1) is 20.3 Å². The molecule has 4 nitrogen and oxygen atoms in total. The van der Waals surface area contributed by atoms with E-state index >= 15 is 0 Å². The monoisotopic (exact) mass is 290 g/mol. The molecule has 0 unspecified atom stereocenters. The van der Waals surface area contributed by atoms with Crippen LogP contribution < -0.4 is 0 Å². The van der Waals surface area contributed by atoms with E-state index in [9.17, 15) is 0 Å². The highest BCUT2D eigenvalue weighted by Gasteiger charge is 2.21. The summed E-state index contributed by atoms with van der Waals surface area (Å²) >= 11 is 0. The number of ether oxygens (including phenoxy) is 2. The molecule has 18 heavy (non-hydrogen) atoms. The first-order valence-corrected chi connectivity index (χ1v) is 12.8. The van der Waals surface area contributed by atoms with Crippen molar-refractivity contribution in [1.29, 1.82) is 0 Å². The highest BCUT2D eigenvalue weighted by molar-refractivity contribution is 6.70. The van der Waals surface area contributed by atoms with Crippen LogP contribution in [0, 0.1) is 0 Å². The Balaban J connectivity index is 4.96. The minimum Gasteiger partial charge on any atom is -0.542 e. The third-order valence-electron chi connectivity index (χ3n) is 1.53. The fraction of sp³-hybridized carbons (Fsp3) is 0.667. The molecule has 0 aliphatic rings. The van der Waals surface area contributed by atoms with Gasteiger partial charge in [-0.3, -0.25) is 0 Å². The van der Waals surface area contributed by atoms with Gasteiger partial charge in [0.1, 0.15) is 12.0 Å². The van der Waals surface area contributed by atoms with E-state index in [1.807, 2.05) is 0 Å². The van der Waals surface area contributed by atoms with E-state index in [0.717, 1.165) is 0 Å². The van der Waals surface area contributed by atoms with E-state index in [4.69, 9.17) is 18.3 Å². The molecule has 0 fully saturated rings.